The third-order valence-corrected chi connectivity index (χ3v) is 3.34. The zero-order valence-corrected chi connectivity index (χ0v) is 14.3. The van der Waals surface area contributed by atoms with Crippen LogP contribution in [0.4, 0.5) is 0 Å². The summed E-state index contributed by atoms with van der Waals surface area (Å²) in [6, 6.07) is 14.8. The molecular formula is C17H18ClNO3S. The second-order valence-corrected chi connectivity index (χ2v) is 5.28. The van der Waals surface area contributed by atoms with Crippen LogP contribution in [0.3, 0.4) is 0 Å². The average Bonchev–Trinajstić information content (AvgIpc) is 2.54. The summed E-state index contributed by atoms with van der Waals surface area (Å²) in [6.07, 6.45) is 0. The summed E-state index contributed by atoms with van der Waals surface area (Å²) in [7, 11) is 0. The Hall–Kier alpha value is -1.98. The number of hydrogen-bond donors (Lipinski definition) is 1. The van der Waals surface area contributed by atoms with Gasteiger partial charge in [-0.3, -0.25) is 0 Å². The lowest BCUT2D eigenvalue weighted by atomic mass is 10.3. The van der Waals surface area contributed by atoms with Crippen LogP contribution in [0.15, 0.2) is 48.5 Å². The number of halogens is 1. The Kier molecular flexibility index (Phi) is 6.97. The zero-order valence-electron chi connectivity index (χ0n) is 12.8. The minimum absolute atomic E-state index is 0.369. The lowest BCUT2D eigenvalue weighted by Crippen LogP contribution is -2.28. The molecule has 6 heteroatoms. The zero-order chi connectivity index (χ0) is 16.5. The van der Waals surface area contributed by atoms with Crippen LogP contribution in [-0.4, -0.2) is 24.9 Å². The summed E-state index contributed by atoms with van der Waals surface area (Å²) in [5.41, 5.74) is 0. The van der Waals surface area contributed by atoms with Gasteiger partial charge in [-0.1, -0.05) is 29.8 Å². The average molecular weight is 352 g/mol. The quantitative estimate of drug-likeness (QED) is 0.590. The third kappa shape index (κ3) is 5.96. The Morgan fingerprint density at radius 3 is 2.61 bits per heavy atom. The summed E-state index contributed by atoms with van der Waals surface area (Å²) in [5.74, 6) is 2.01. The number of hydrogen-bond acceptors (Lipinski definition) is 4. The molecule has 0 bridgehead atoms. The molecule has 4 nitrogen and oxygen atoms in total. The van der Waals surface area contributed by atoms with Gasteiger partial charge in [-0.25, -0.2) is 0 Å². The van der Waals surface area contributed by atoms with Gasteiger partial charge in [-0.15, -0.1) is 0 Å². The molecular weight excluding hydrogens is 334 g/mol. The number of para-hydroxylation sites is 1. The van der Waals surface area contributed by atoms with E-state index in [0.717, 1.165) is 5.75 Å². The molecule has 0 fully saturated rings. The van der Waals surface area contributed by atoms with Crippen LogP contribution in [-0.2, 0) is 4.74 Å². The number of benzene rings is 2. The van der Waals surface area contributed by atoms with Gasteiger partial charge >= 0.3 is 0 Å². The Balaban J connectivity index is 1.83. The third-order valence-electron chi connectivity index (χ3n) is 2.79. The van der Waals surface area contributed by atoms with Gasteiger partial charge in [0.2, 0.25) is 0 Å². The maximum atomic E-state index is 6.21. The van der Waals surface area contributed by atoms with Crippen LogP contribution in [0.1, 0.15) is 6.92 Å². The van der Waals surface area contributed by atoms with E-state index in [2.05, 4.69) is 5.32 Å². The predicted molar refractivity (Wildman–Crippen MR) is 95.7 cm³/mol. The fourth-order valence-electron chi connectivity index (χ4n) is 1.78. The van der Waals surface area contributed by atoms with Crippen molar-refractivity contribution in [2.45, 2.75) is 6.92 Å². The maximum Gasteiger partial charge on any atom is 0.256 e. The number of nitrogens with one attached hydrogen (secondary N) is 1. The SMILES string of the molecule is CCOC(=S)NCCOc1ccc(Oc2ccccc2)cc1Cl. The molecule has 23 heavy (non-hydrogen) atoms. The van der Waals surface area contributed by atoms with Crippen molar-refractivity contribution in [3.63, 3.8) is 0 Å². The fraction of sp³-hybridized carbons (Fsp3) is 0.235. The fourth-order valence-corrected chi connectivity index (χ4v) is 2.23. The Morgan fingerprint density at radius 1 is 1.13 bits per heavy atom. The van der Waals surface area contributed by atoms with E-state index in [1.54, 1.807) is 12.1 Å². The first-order chi connectivity index (χ1) is 11.2. The molecule has 0 saturated carbocycles. The highest BCUT2D eigenvalue weighted by Crippen LogP contribution is 2.31. The molecule has 1 N–H and O–H groups in total. The second kappa shape index (κ2) is 9.22. The number of thiocarbonyl (C=S) groups is 1. The molecule has 0 heterocycles. The van der Waals surface area contributed by atoms with Crippen molar-refractivity contribution in [2.24, 2.45) is 0 Å². The minimum atomic E-state index is 0.369. The highest BCUT2D eigenvalue weighted by molar-refractivity contribution is 7.80. The van der Waals surface area contributed by atoms with Crippen LogP contribution in [0.25, 0.3) is 0 Å². The molecule has 0 spiro atoms. The summed E-state index contributed by atoms with van der Waals surface area (Å²) in [5, 5.41) is 3.79. The van der Waals surface area contributed by atoms with Crippen LogP contribution >= 0.6 is 23.8 Å². The Morgan fingerprint density at radius 2 is 1.91 bits per heavy atom. The van der Waals surface area contributed by atoms with Gasteiger partial charge in [0.25, 0.3) is 5.17 Å². The molecule has 0 amide bonds. The van der Waals surface area contributed by atoms with Gasteiger partial charge in [0.05, 0.1) is 18.2 Å². The summed E-state index contributed by atoms with van der Waals surface area (Å²) in [4.78, 5) is 0. The molecule has 0 aliphatic heterocycles. The van der Waals surface area contributed by atoms with Crippen molar-refractivity contribution in [3.05, 3.63) is 53.6 Å². The molecule has 0 aromatic heterocycles. The van der Waals surface area contributed by atoms with Crippen LogP contribution in [0, 0.1) is 0 Å². The molecule has 0 aliphatic carbocycles. The molecule has 0 radical (unpaired) electrons. The predicted octanol–water partition coefficient (Wildman–Crippen LogP) is 4.42. The lowest BCUT2D eigenvalue weighted by molar-refractivity contribution is 0.297. The van der Waals surface area contributed by atoms with Crippen molar-refractivity contribution in [1.29, 1.82) is 0 Å². The van der Waals surface area contributed by atoms with E-state index in [1.165, 1.54) is 0 Å². The maximum absolute atomic E-state index is 6.21. The standard InChI is InChI=1S/C17H18ClNO3S/c1-2-20-17(23)19-10-11-21-16-9-8-14(12-15(16)18)22-13-6-4-3-5-7-13/h3-9,12H,2,10-11H2,1H3,(H,19,23). The van der Waals surface area contributed by atoms with Crippen LogP contribution < -0.4 is 14.8 Å². The van der Waals surface area contributed by atoms with E-state index >= 15 is 0 Å². The monoisotopic (exact) mass is 351 g/mol. The van der Waals surface area contributed by atoms with Crippen molar-refractivity contribution >= 4 is 29.0 Å². The molecule has 0 saturated heterocycles. The highest BCUT2D eigenvalue weighted by Gasteiger charge is 2.05. The van der Waals surface area contributed by atoms with E-state index < -0.39 is 0 Å². The summed E-state index contributed by atoms with van der Waals surface area (Å²) >= 11 is 11.2. The Labute approximate surface area is 146 Å². The van der Waals surface area contributed by atoms with Crippen molar-refractivity contribution < 1.29 is 14.2 Å². The lowest BCUT2D eigenvalue weighted by Gasteiger charge is -2.12. The van der Waals surface area contributed by atoms with E-state index in [9.17, 15) is 0 Å². The Bertz CT molecular complexity index is 637. The van der Waals surface area contributed by atoms with E-state index in [4.69, 9.17) is 38.0 Å². The van der Waals surface area contributed by atoms with Gasteiger partial charge in [0.1, 0.15) is 23.9 Å². The topological polar surface area (TPSA) is 39.7 Å². The van der Waals surface area contributed by atoms with Crippen molar-refractivity contribution in [3.8, 4) is 17.2 Å². The van der Waals surface area contributed by atoms with Gasteiger partial charge in [-0.2, -0.15) is 0 Å². The van der Waals surface area contributed by atoms with E-state index in [1.807, 2.05) is 43.3 Å². The molecule has 2 rings (SSSR count). The number of ether oxygens (including phenoxy) is 3. The largest absolute Gasteiger partial charge is 0.490 e. The highest BCUT2D eigenvalue weighted by atomic mass is 35.5. The van der Waals surface area contributed by atoms with Gasteiger partial charge in [0.15, 0.2) is 0 Å². The van der Waals surface area contributed by atoms with E-state index in [-0.39, 0.29) is 0 Å². The minimum Gasteiger partial charge on any atom is -0.490 e. The van der Waals surface area contributed by atoms with E-state index in [0.29, 0.717) is 41.5 Å². The van der Waals surface area contributed by atoms with Crippen molar-refractivity contribution in [2.75, 3.05) is 19.8 Å². The molecule has 2 aromatic carbocycles. The van der Waals surface area contributed by atoms with Crippen molar-refractivity contribution in [1.82, 2.24) is 5.32 Å². The molecule has 0 aliphatic rings. The second-order valence-electron chi connectivity index (χ2n) is 4.50. The normalized spacial score (nSPS) is 10.0. The molecule has 0 unspecified atom stereocenters. The first-order valence-corrected chi connectivity index (χ1v) is 8.03. The smallest absolute Gasteiger partial charge is 0.256 e. The number of rotatable bonds is 7. The summed E-state index contributed by atoms with van der Waals surface area (Å²) < 4.78 is 16.4. The molecule has 2 aromatic rings. The van der Waals surface area contributed by atoms with Gasteiger partial charge < -0.3 is 19.5 Å². The first kappa shape index (κ1) is 17.4. The first-order valence-electron chi connectivity index (χ1n) is 7.25. The molecule has 122 valence electrons. The molecule has 0 atom stereocenters. The van der Waals surface area contributed by atoms with Gasteiger partial charge in [-0.05, 0) is 43.4 Å². The van der Waals surface area contributed by atoms with Gasteiger partial charge in [0, 0.05) is 6.07 Å². The summed E-state index contributed by atoms with van der Waals surface area (Å²) in [6.45, 7) is 3.38. The van der Waals surface area contributed by atoms with Crippen LogP contribution in [0.5, 0.6) is 17.2 Å². The van der Waals surface area contributed by atoms with Crippen LogP contribution in [0.2, 0.25) is 5.02 Å².